The second-order valence-electron chi connectivity index (χ2n) is 10.4. The Hall–Kier alpha value is -3.43. The van der Waals surface area contributed by atoms with Crippen LogP contribution in [0, 0.1) is 0 Å². The van der Waals surface area contributed by atoms with Crippen molar-refractivity contribution in [3.8, 4) is 11.5 Å². The Morgan fingerprint density at radius 2 is 1.54 bits per heavy atom. The van der Waals surface area contributed by atoms with Gasteiger partial charge >= 0.3 is 5.97 Å². The third-order valence-electron chi connectivity index (χ3n) is 8.28. The number of carbonyl (C=O) groups is 3. The smallest absolute Gasteiger partial charge is 0.316 e. The summed E-state index contributed by atoms with van der Waals surface area (Å²) in [6.07, 6.45) is -10.6. The number of hydrogen-bond donors (Lipinski definition) is 7. The number of aromatic hydroxyl groups is 2. The van der Waals surface area contributed by atoms with Gasteiger partial charge in [0.15, 0.2) is 17.9 Å². The number of aliphatic hydroxyl groups is 5. The van der Waals surface area contributed by atoms with Crippen molar-refractivity contribution in [1.82, 2.24) is 0 Å². The largest absolute Gasteiger partial charge is 0.507 e. The van der Waals surface area contributed by atoms with Crippen LogP contribution in [-0.4, -0.2) is 103 Å². The minimum atomic E-state index is -2.00. The van der Waals surface area contributed by atoms with Crippen molar-refractivity contribution in [1.29, 1.82) is 0 Å². The molecule has 0 amide bonds. The van der Waals surface area contributed by atoms with Gasteiger partial charge in [0.05, 0.1) is 36.5 Å². The number of ether oxygens (including phenoxy) is 3. The first kappa shape index (κ1) is 29.1. The molecule has 0 bridgehead atoms. The van der Waals surface area contributed by atoms with Crippen LogP contribution in [0.4, 0.5) is 0 Å². The zero-order valence-electron chi connectivity index (χ0n) is 22.1. The van der Waals surface area contributed by atoms with Gasteiger partial charge < -0.3 is 50.0 Å². The summed E-state index contributed by atoms with van der Waals surface area (Å²) < 4.78 is 16.3. The maximum absolute atomic E-state index is 13.5. The van der Waals surface area contributed by atoms with E-state index in [1.54, 1.807) is 0 Å². The van der Waals surface area contributed by atoms with E-state index in [0.29, 0.717) is 0 Å². The maximum Gasteiger partial charge on any atom is 0.316 e. The van der Waals surface area contributed by atoms with E-state index in [0.717, 1.165) is 7.11 Å². The maximum atomic E-state index is 13.5. The lowest BCUT2D eigenvalue weighted by atomic mass is 9.66. The van der Waals surface area contributed by atoms with Gasteiger partial charge in [-0.15, -0.1) is 0 Å². The quantitative estimate of drug-likeness (QED) is 0.152. The summed E-state index contributed by atoms with van der Waals surface area (Å²) in [7, 11) is 1.05. The molecule has 1 heterocycles. The summed E-state index contributed by atoms with van der Waals surface area (Å²) in [5.74, 6) is -5.88. The normalized spacial score (nSPS) is 32.6. The molecule has 41 heavy (non-hydrogen) atoms. The van der Waals surface area contributed by atoms with E-state index in [9.17, 15) is 50.1 Å². The lowest BCUT2D eigenvalue weighted by Crippen LogP contribution is -2.59. The van der Waals surface area contributed by atoms with Gasteiger partial charge in [0, 0.05) is 28.7 Å². The fourth-order valence-electron chi connectivity index (χ4n) is 6.04. The first-order valence-electron chi connectivity index (χ1n) is 13.0. The number of esters is 1. The van der Waals surface area contributed by atoms with E-state index in [2.05, 4.69) is 0 Å². The molecule has 1 saturated heterocycles. The molecule has 2 aromatic carbocycles. The molecule has 0 unspecified atom stereocenters. The number of fused-ring (bicyclic) bond motifs is 3. The van der Waals surface area contributed by atoms with Crippen molar-refractivity contribution < 1.29 is 64.3 Å². The molecule has 0 aromatic heterocycles. The fourth-order valence-corrected chi connectivity index (χ4v) is 6.04. The molecule has 220 valence electrons. The van der Waals surface area contributed by atoms with Gasteiger partial charge in [0.2, 0.25) is 0 Å². The van der Waals surface area contributed by atoms with Crippen LogP contribution < -0.4 is 0 Å². The molecule has 3 aliphatic rings. The molecule has 1 fully saturated rings. The van der Waals surface area contributed by atoms with Crippen LogP contribution in [0.15, 0.2) is 24.3 Å². The van der Waals surface area contributed by atoms with Crippen molar-refractivity contribution in [2.45, 2.75) is 68.1 Å². The molecular weight excluding hydrogens is 544 g/mol. The van der Waals surface area contributed by atoms with Crippen LogP contribution in [0.1, 0.15) is 74.8 Å². The molecule has 0 spiro atoms. The fraction of sp³-hybridized carbons (Fsp3) is 0.464. The monoisotopic (exact) mass is 574 g/mol. The molecular formula is C28H30O13. The van der Waals surface area contributed by atoms with E-state index in [1.807, 2.05) is 0 Å². The van der Waals surface area contributed by atoms with Crippen molar-refractivity contribution in [2.24, 2.45) is 0 Å². The minimum absolute atomic E-state index is 0.0311. The second-order valence-corrected chi connectivity index (χ2v) is 10.4. The van der Waals surface area contributed by atoms with Crippen molar-refractivity contribution in [2.75, 3.05) is 13.7 Å². The Labute approximate surface area is 233 Å². The highest BCUT2D eigenvalue weighted by Crippen LogP contribution is 2.57. The Morgan fingerprint density at radius 3 is 2.05 bits per heavy atom. The predicted octanol–water partition coefficient (Wildman–Crippen LogP) is -0.468. The lowest BCUT2D eigenvalue weighted by Gasteiger charge is -2.46. The standard InChI is InChI=1S/C28H30O13/c1-3-28(38)8-12(40-27-25(36)24(35)21(32)13(9-29)41-27)14-15(18(28)26(37)39-2)23(34)17-16(22(14)33)19(30)10-6-4-5-7-11(10)20(17)31/h4-7,12-13,18,21,24-25,27,29,32-36,38H,3,8-9H2,1-2H3/t12-,13+,18-,21+,24-,25+,27+,28+/m0/s1. The van der Waals surface area contributed by atoms with Gasteiger partial charge in [0.25, 0.3) is 0 Å². The Kier molecular flexibility index (Phi) is 7.40. The molecule has 0 saturated carbocycles. The van der Waals surface area contributed by atoms with Crippen LogP contribution in [0.2, 0.25) is 0 Å². The first-order valence-corrected chi connectivity index (χ1v) is 13.0. The molecule has 13 nitrogen and oxygen atoms in total. The number of rotatable bonds is 5. The number of methoxy groups -OCH3 is 1. The number of carbonyl (C=O) groups excluding carboxylic acids is 3. The number of benzene rings is 2. The molecule has 5 rings (SSSR count). The number of phenolic OH excluding ortho intramolecular Hbond substituents is 2. The Bertz CT molecular complexity index is 1420. The van der Waals surface area contributed by atoms with E-state index >= 15 is 0 Å². The zero-order chi connectivity index (χ0) is 30.0. The highest BCUT2D eigenvalue weighted by Gasteiger charge is 2.55. The summed E-state index contributed by atoms with van der Waals surface area (Å²) in [5, 5.41) is 75.3. The highest BCUT2D eigenvalue weighted by molar-refractivity contribution is 6.30. The van der Waals surface area contributed by atoms with Crippen LogP contribution in [0.5, 0.6) is 11.5 Å². The van der Waals surface area contributed by atoms with E-state index in [4.69, 9.17) is 14.2 Å². The number of ketones is 2. The molecule has 8 atom stereocenters. The summed E-state index contributed by atoms with van der Waals surface area (Å²) in [6.45, 7) is 0.775. The Morgan fingerprint density at radius 1 is 0.976 bits per heavy atom. The van der Waals surface area contributed by atoms with Crippen molar-refractivity contribution in [3.05, 3.63) is 57.6 Å². The summed E-state index contributed by atoms with van der Waals surface area (Å²) in [5.41, 5.74) is -3.94. The minimum Gasteiger partial charge on any atom is -0.507 e. The van der Waals surface area contributed by atoms with Gasteiger partial charge in [-0.2, -0.15) is 0 Å². The lowest BCUT2D eigenvalue weighted by molar-refractivity contribution is -0.316. The van der Waals surface area contributed by atoms with Crippen LogP contribution in [0.25, 0.3) is 0 Å². The molecule has 7 N–H and O–H groups in total. The van der Waals surface area contributed by atoms with Crippen LogP contribution in [-0.2, 0) is 19.0 Å². The third-order valence-corrected chi connectivity index (χ3v) is 8.28. The van der Waals surface area contributed by atoms with Crippen molar-refractivity contribution >= 4 is 17.5 Å². The SMILES string of the molecule is CC[C@@]1(O)C[C@H](O[C@@H]2O[C@H](CO)[C@@H](O)[C@H](O)[C@H]2O)c2c(O)c3c(c(O)c2[C@H]1C(=O)OC)C(=O)c1ccccc1C3=O. The van der Waals surface area contributed by atoms with Gasteiger partial charge in [-0.05, 0) is 6.42 Å². The molecule has 0 radical (unpaired) electrons. The van der Waals surface area contributed by atoms with Gasteiger partial charge in [0.1, 0.15) is 41.8 Å². The third kappa shape index (κ3) is 4.24. The molecule has 2 aromatic rings. The second kappa shape index (κ2) is 10.4. The zero-order valence-corrected chi connectivity index (χ0v) is 22.1. The van der Waals surface area contributed by atoms with Crippen molar-refractivity contribution in [3.63, 3.8) is 0 Å². The van der Waals surface area contributed by atoms with Gasteiger partial charge in [-0.3, -0.25) is 14.4 Å². The average molecular weight is 575 g/mol. The van der Waals surface area contributed by atoms with E-state index < -0.39 is 107 Å². The molecule has 2 aliphatic carbocycles. The summed E-state index contributed by atoms with van der Waals surface area (Å²) >= 11 is 0. The number of hydrogen-bond acceptors (Lipinski definition) is 13. The number of aliphatic hydroxyl groups excluding tert-OH is 4. The average Bonchev–Trinajstić information content (AvgIpc) is 2.97. The number of phenols is 2. The molecule has 13 heteroatoms. The summed E-state index contributed by atoms with van der Waals surface area (Å²) in [4.78, 5) is 40.1. The summed E-state index contributed by atoms with van der Waals surface area (Å²) in [6, 6.07) is 5.79. The topological polar surface area (TPSA) is 221 Å². The van der Waals surface area contributed by atoms with E-state index in [1.165, 1.54) is 31.2 Å². The predicted molar refractivity (Wildman–Crippen MR) is 135 cm³/mol. The Balaban J connectivity index is 1.74. The van der Waals surface area contributed by atoms with E-state index in [-0.39, 0.29) is 23.1 Å². The van der Waals surface area contributed by atoms with Gasteiger partial charge in [-0.25, -0.2) is 0 Å². The van der Waals surface area contributed by atoms with Gasteiger partial charge in [-0.1, -0.05) is 31.2 Å². The first-order chi connectivity index (χ1) is 19.4. The van der Waals surface area contributed by atoms with Crippen LogP contribution in [0.3, 0.4) is 0 Å². The highest BCUT2D eigenvalue weighted by atomic mass is 16.7. The van der Waals surface area contributed by atoms with Crippen LogP contribution >= 0.6 is 0 Å². The molecule has 1 aliphatic heterocycles.